The SMILES string of the molecule is C=C1[C@H](O)CC(=CCP(=O)(c2ccccc2)c2ccccc2)C[C@H]1O.CC[C@@H](C)C1CC[C@H]2C(=O)CCC[C@]12C.[Y].[Y].[Y]. The average Bonchev–Trinajstić information content (AvgIpc) is 3.33. The van der Waals surface area contributed by atoms with Crippen LogP contribution in [0.25, 0.3) is 0 Å². The average molecular weight is 829 g/mol. The van der Waals surface area contributed by atoms with Gasteiger partial charge in [-0.2, -0.15) is 0 Å². The van der Waals surface area contributed by atoms with Gasteiger partial charge in [0.05, 0.1) is 12.2 Å². The van der Waals surface area contributed by atoms with Crippen LogP contribution in [0.4, 0.5) is 0 Å². The van der Waals surface area contributed by atoms with E-state index in [1.807, 2.05) is 66.7 Å². The summed E-state index contributed by atoms with van der Waals surface area (Å²) >= 11 is 0. The van der Waals surface area contributed by atoms with E-state index in [0.29, 0.717) is 41.7 Å². The second-order valence-electron chi connectivity index (χ2n) is 12.4. The van der Waals surface area contributed by atoms with Gasteiger partial charge >= 0.3 is 0 Å². The molecule has 0 spiro atoms. The van der Waals surface area contributed by atoms with Crippen LogP contribution in [0.3, 0.4) is 0 Å². The quantitative estimate of drug-likeness (QED) is 0.248. The van der Waals surface area contributed by atoms with Crippen LogP contribution in [-0.4, -0.2) is 34.4 Å². The second kappa shape index (κ2) is 19.1. The Balaban J connectivity index is 0.000000445. The molecule has 4 nitrogen and oxygen atoms in total. The monoisotopic (exact) mass is 829 g/mol. The van der Waals surface area contributed by atoms with Crippen LogP contribution < -0.4 is 10.6 Å². The fourth-order valence-electron chi connectivity index (χ4n) is 7.38. The number of hydrogen-bond acceptors (Lipinski definition) is 4. The Bertz CT molecular complexity index is 1190. The minimum atomic E-state index is -2.81. The van der Waals surface area contributed by atoms with Crippen LogP contribution in [0.2, 0.25) is 0 Å². The van der Waals surface area contributed by atoms with Gasteiger partial charge in [-0.25, -0.2) is 0 Å². The first kappa shape index (κ1) is 42.1. The van der Waals surface area contributed by atoms with E-state index in [2.05, 4.69) is 27.4 Å². The van der Waals surface area contributed by atoms with Gasteiger partial charge in [-0.05, 0) is 61.3 Å². The Morgan fingerprint density at radius 1 is 0.953 bits per heavy atom. The van der Waals surface area contributed by atoms with E-state index in [0.717, 1.165) is 40.9 Å². The molecule has 6 atom stereocenters. The molecule has 3 fully saturated rings. The van der Waals surface area contributed by atoms with Crippen molar-refractivity contribution < 1.29 is 118 Å². The van der Waals surface area contributed by atoms with Crippen molar-refractivity contribution in [3.63, 3.8) is 0 Å². The third-order valence-electron chi connectivity index (χ3n) is 10.0. The van der Waals surface area contributed by atoms with Crippen LogP contribution in [0.5, 0.6) is 0 Å². The number of aliphatic hydroxyl groups is 2. The molecule has 0 saturated heterocycles. The van der Waals surface area contributed by atoms with E-state index in [1.165, 1.54) is 25.7 Å². The van der Waals surface area contributed by atoms with Gasteiger partial charge in [-0.1, -0.05) is 106 Å². The van der Waals surface area contributed by atoms with Crippen LogP contribution in [-0.2, 0) is 107 Å². The Kier molecular flexibility index (Phi) is 18.7. The Hall–Kier alpha value is 1.05. The smallest absolute Gasteiger partial charge is 0.146 e. The number of carbonyl (C=O) groups is 1. The largest absolute Gasteiger partial charge is 0.388 e. The second-order valence-corrected chi connectivity index (χ2v) is 15.3. The number of allylic oxidation sites excluding steroid dienone is 1. The summed E-state index contributed by atoms with van der Waals surface area (Å²) in [5.74, 6) is 2.57. The number of fused-ring (bicyclic) bond motifs is 1. The molecule has 0 amide bonds. The number of carbonyl (C=O) groups excluding carboxylic acids is 1. The van der Waals surface area contributed by atoms with E-state index in [9.17, 15) is 19.6 Å². The van der Waals surface area contributed by atoms with Gasteiger partial charge in [0.2, 0.25) is 0 Å². The third-order valence-corrected chi connectivity index (χ3v) is 13.0. The van der Waals surface area contributed by atoms with Crippen molar-refractivity contribution in [2.24, 2.45) is 23.2 Å². The maximum Gasteiger partial charge on any atom is 0.146 e. The zero-order valence-corrected chi connectivity index (χ0v) is 35.6. The molecular formula is C35H47O4PY3. The van der Waals surface area contributed by atoms with Crippen molar-refractivity contribution in [2.45, 2.75) is 84.3 Å². The number of ketones is 1. The molecule has 0 heterocycles. The molecule has 0 bridgehead atoms. The molecule has 5 rings (SSSR count). The standard InChI is InChI=1S/C21H23O3P.C14H24O.3Y/c1-16-20(22)14-17(15-21(16)23)12-13-25(24,18-8-4-2-5-9-18)19-10-6-3-7-11-19;1-4-10(2)11-7-8-12-13(15)6-5-9-14(11,12)3;;;/h2-12,20-23H,1,13-15H2;10-12H,4-9H2,1-3H3;;;/t20-,21-;10-,11?,12+,14-;;;/m11.../s1. The van der Waals surface area contributed by atoms with Crippen molar-refractivity contribution in [1.82, 2.24) is 0 Å². The van der Waals surface area contributed by atoms with Crippen LogP contribution >= 0.6 is 7.14 Å². The van der Waals surface area contributed by atoms with Gasteiger partial charge in [0.1, 0.15) is 12.9 Å². The van der Waals surface area contributed by atoms with Crippen molar-refractivity contribution in [1.29, 1.82) is 0 Å². The number of Topliss-reactive ketones (excluding diaryl/α,β-unsaturated/α-hetero) is 1. The van der Waals surface area contributed by atoms with Gasteiger partial charge in [0.25, 0.3) is 0 Å². The Morgan fingerprint density at radius 3 is 1.95 bits per heavy atom. The maximum atomic E-state index is 13.9. The van der Waals surface area contributed by atoms with Crippen LogP contribution in [0.1, 0.15) is 72.1 Å². The van der Waals surface area contributed by atoms with E-state index < -0.39 is 19.3 Å². The molecule has 0 aromatic heterocycles. The molecule has 3 aliphatic rings. The summed E-state index contributed by atoms with van der Waals surface area (Å²) in [4.78, 5) is 11.9. The summed E-state index contributed by atoms with van der Waals surface area (Å²) < 4.78 is 13.9. The number of benzene rings is 2. The molecule has 8 heteroatoms. The summed E-state index contributed by atoms with van der Waals surface area (Å²) in [6, 6.07) is 19.0. The zero-order chi connectivity index (χ0) is 28.9. The van der Waals surface area contributed by atoms with E-state index in [1.54, 1.807) is 0 Å². The zero-order valence-electron chi connectivity index (χ0n) is 26.2. The Labute approximate surface area is 335 Å². The summed E-state index contributed by atoms with van der Waals surface area (Å²) in [6.07, 6.45) is 8.74. The summed E-state index contributed by atoms with van der Waals surface area (Å²) in [6.45, 7) is 10.8. The van der Waals surface area contributed by atoms with E-state index >= 15 is 0 Å². The van der Waals surface area contributed by atoms with Crippen LogP contribution in [0.15, 0.2) is 84.5 Å². The van der Waals surface area contributed by atoms with E-state index in [-0.39, 0.29) is 98.1 Å². The first-order valence-corrected chi connectivity index (χ1v) is 16.9. The van der Waals surface area contributed by atoms with Crippen molar-refractivity contribution in [3.8, 4) is 0 Å². The van der Waals surface area contributed by atoms with Gasteiger partial charge in [-0.15, -0.1) is 0 Å². The summed E-state index contributed by atoms with van der Waals surface area (Å²) in [5, 5.41) is 21.7. The third kappa shape index (κ3) is 10.0. The normalized spacial score (nSPS) is 27.2. The molecule has 225 valence electrons. The van der Waals surface area contributed by atoms with Gasteiger partial charge in [0, 0.05) is 127 Å². The Morgan fingerprint density at radius 2 is 1.47 bits per heavy atom. The summed E-state index contributed by atoms with van der Waals surface area (Å²) in [5.41, 5.74) is 1.75. The molecule has 3 aliphatic carbocycles. The van der Waals surface area contributed by atoms with Crippen molar-refractivity contribution >= 4 is 23.5 Å². The van der Waals surface area contributed by atoms with Gasteiger partial charge in [-0.3, -0.25) is 4.79 Å². The van der Waals surface area contributed by atoms with Crippen molar-refractivity contribution in [2.75, 3.05) is 6.16 Å². The summed E-state index contributed by atoms with van der Waals surface area (Å²) in [7, 11) is -2.81. The number of rotatable bonds is 6. The predicted octanol–water partition coefficient (Wildman–Crippen LogP) is 6.81. The first-order chi connectivity index (χ1) is 19.1. The van der Waals surface area contributed by atoms with E-state index in [4.69, 9.17) is 0 Å². The molecule has 1 unspecified atom stereocenters. The number of aliphatic hydroxyl groups excluding tert-OH is 2. The van der Waals surface area contributed by atoms with Crippen molar-refractivity contribution in [3.05, 3.63) is 84.5 Å². The molecule has 0 aliphatic heterocycles. The molecule has 43 heavy (non-hydrogen) atoms. The minimum Gasteiger partial charge on any atom is -0.388 e. The molecule has 3 radical (unpaired) electrons. The molecule has 2 aromatic carbocycles. The maximum absolute atomic E-state index is 13.9. The fraction of sp³-hybridized carbons (Fsp3) is 0.514. The van der Waals surface area contributed by atoms with Gasteiger partial charge in [0.15, 0.2) is 0 Å². The topological polar surface area (TPSA) is 74.6 Å². The predicted molar refractivity (Wildman–Crippen MR) is 166 cm³/mol. The minimum absolute atomic E-state index is 0. The van der Waals surface area contributed by atoms with Crippen LogP contribution in [0, 0.1) is 23.2 Å². The number of hydrogen-bond donors (Lipinski definition) is 2. The molecular weight excluding hydrogens is 782 g/mol. The molecule has 2 N–H and O–H groups in total. The van der Waals surface area contributed by atoms with Gasteiger partial charge < -0.3 is 14.8 Å². The molecule has 3 saturated carbocycles. The first-order valence-electron chi connectivity index (χ1n) is 15.1. The molecule has 2 aromatic rings. The fourth-order valence-corrected chi connectivity index (χ4v) is 9.92.